The second kappa shape index (κ2) is 11.7. The summed E-state index contributed by atoms with van der Waals surface area (Å²) in [6.45, 7) is 14.6. The molecule has 0 saturated carbocycles. The molecule has 0 bridgehead atoms. The molecular weight excluding hydrogens is 308 g/mol. The van der Waals surface area contributed by atoms with Crippen LogP contribution in [0.4, 0.5) is 0 Å². The molecule has 0 radical (unpaired) electrons. The van der Waals surface area contributed by atoms with E-state index in [2.05, 4.69) is 0 Å². The van der Waals surface area contributed by atoms with Crippen molar-refractivity contribution in [3.8, 4) is 0 Å². The summed E-state index contributed by atoms with van der Waals surface area (Å²) in [6, 6.07) is 0. The minimum absolute atomic E-state index is 0.210. The van der Waals surface area contributed by atoms with Gasteiger partial charge in [-0.3, -0.25) is 9.59 Å². The Hall–Kier alpha value is -0.780. The van der Waals surface area contributed by atoms with E-state index in [4.69, 9.17) is 14.2 Å². The normalized spacial score (nSPS) is 12.4. The average Bonchev–Trinajstić information content (AvgIpc) is 2.45. The van der Waals surface area contributed by atoms with E-state index in [1.807, 2.05) is 41.5 Å². The van der Waals surface area contributed by atoms with Crippen LogP contribution in [-0.4, -0.2) is 51.2 Å². The SMILES string of the molecule is CC(C)(C)C(=O)CCCOCCOCCOCCC(=O)C(C)(C)C. The molecule has 0 N–H and O–H groups in total. The second-order valence-electron chi connectivity index (χ2n) is 8.04. The number of rotatable bonds is 13. The Labute approximate surface area is 147 Å². The van der Waals surface area contributed by atoms with Crippen LogP contribution in [0.2, 0.25) is 0 Å². The number of hydrogen-bond acceptors (Lipinski definition) is 5. The molecule has 0 aromatic rings. The number of ether oxygens (including phenoxy) is 3. The van der Waals surface area contributed by atoms with Crippen LogP contribution in [-0.2, 0) is 23.8 Å². The number of hydrogen-bond donors (Lipinski definition) is 0. The monoisotopic (exact) mass is 344 g/mol. The molecule has 142 valence electrons. The van der Waals surface area contributed by atoms with Gasteiger partial charge in [0.2, 0.25) is 0 Å². The van der Waals surface area contributed by atoms with Crippen molar-refractivity contribution < 1.29 is 23.8 Å². The van der Waals surface area contributed by atoms with Crippen LogP contribution >= 0.6 is 0 Å². The zero-order valence-corrected chi connectivity index (χ0v) is 16.4. The third kappa shape index (κ3) is 12.6. The van der Waals surface area contributed by atoms with Gasteiger partial charge in [-0.1, -0.05) is 41.5 Å². The van der Waals surface area contributed by atoms with E-state index in [0.717, 1.165) is 6.42 Å². The third-order valence-corrected chi connectivity index (χ3v) is 3.58. The first-order valence-corrected chi connectivity index (χ1v) is 8.85. The van der Waals surface area contributed by atoms with Crippen molar-refractivity contribution in [2.75, 3.05) is 39.6 Å². The number of Topliss-reactive ketones (excluding diaryl/α,β-unsaturated/α-hetero) is 2. The largest absolute Gasteiger partial charge is 0.379 e. The molecule has 0 unspecified atom stereocenters. The lowest BCUT2D eigenvalue weighted by Gasteiger charge is -2.16. The highest BCUT2D eigenvalue weighted by atomic mass is 16.5. The Kier molecular flexibility index (Phi) is 11.3. The fraction of sp³-hybridized carbons (Fsp3) is 0.895. The molecule has 5 heteroatoms. The first kappa shape index (κ1) is 23.2. The number of carbonyl (C=O) groups is 2. The van der Waals surface area contributed by atoms with E-state index < -0.39 is 0 Å². The summed E-state index contributed by atoms with van der Waals surface area (Å²) in [4.78, 5) is 23.4. The molecule has 0 aliphatic carbocycles. The number of ketones is 2. The van der Waals surface area contributed by atoms with Crippen LogP contribution < -0.4 is 0 Å². The van der Waals surface area contributed by atoms with E-state index in [1.165, 1.54) is 0 Å². The van der Waals surface area contributed by atoms with Crippen LogP contribution in [0.1, 0.15) is 60.8 Å². The molecule has 0 heterocycles. The highest BCUT2D eigenvalue weighted by molar-refractivity contribution is 5.84. The minimum atomic E-state index is -0.297. The summed E-state index contributed by atoms with van der Waals surface area (Å²) in [5, 5.41) is 0. The topological polar surface area (TPSA) is 61.8 Å². The maximum Gasteiger partial charge on any atom is 0.140 e. The standard InChI is InChI=1S/C19H36O5/c1-18(2,3)16(20)8-7-10-22-12-14-24-15-13-23-11-9-17(21)19(4,5)6/h7-15H2,1-6H3. The van der Waals surface area contributed by atoms with Gasteiger partial charge >= 0.3 is 0 Å². The van der Waals surface area contributed by atoms with Crippen molar-refractivity contribution in [1.82, 2.24) is 0 Å². The summed E-state index contributed by atoms with van der Waals surface area (Å²) < 4.78 is 16.2. The van der Waals surface area contributed by atoms with Crippen LogP contribution in [0, 0.1) is 10.8 Å². The van der Waals surface area contributed by atoms with E-state index in [0.29, 0.717) is 52.5 Å². The van der Waals surface area contributed by atoms with E-state index >= 15 is 0 Å². The van der Waals surface area contributed by atoms with Gasteiger partial charge < -0.3 is 14.2 Å². The Balaban J connectivity index is 3.32. The molecule has 0 rings (SSSR count). The number of carbonyl (C=O) groups excluding carboxylic acids is 2. The summed E-state index contributed by atoms with van der Waals surface area (Å²) in [6.07, 6.45) is 1.76. The Morgan fingerprint density at radius 1 is 0.583 bits per heavy atom. The molecule has 0 aromatic heterocycles. The molecule has 0 aliphatic rings. The Morgan fingerprint density at radius 3 is 1.42 bits per heavy atom. The van der Waals surface area contributed by atoms with Crippen LogP contribution in [0.25, 0.3) is 0 Å². The molecular formula is C19H36O5. The quantitative estimate of drug-likeness (QED) is 0.479. The van der Waals surface area contributed by atoms with Gasteiger partial charge in [0, 0.05) is 30.3 Å². The van der Waals surface area contributed by atoms with Crippen molar-refractivity contribution >= 4 is 11.6 Å². The highest BCUT2D eigenvalue weighted by Crippen LogP contribution is 2.17. The van der Waals surface area contributed by atoms with Gasteiger partial charge in [-0.2, -0.15) is 0 Å². The third-order valence-electron chi connectivity index (χ3n) is 3.58. The summed E-state index contributed by atoms with van der Waals surface area (Å²) in [7, 11) is 0. The fourth-order valence-corrected chi connectivity index (χ4v) is 1.79. The molecule has 0 saturated heterocycles. The van der Waals surface area contributed by atoms with Gasteiger partial charge in [-0.15, -0.1) is 0 Å². The molecule has 5 nitrogen and oxygen atoms in total. The first-order chi connectivity index (χ1) is 11.0. The summed E-state index contributed by atoms with van der Waals surface area (Å²) >= 11 is 0. The predicted octanol–water partition coefficient (Wildman–Crippen LogP) is 3.44. The lowest BCUT2D eigenvalue weighted by Crippen LogP contribution is -2.22. The lowest BCUT2D eigenvalue weighted by atomic mass is 9.88. The van der Waals surface area contributed by atoms with E-state index in [1.54, 1.807) is 0 Å². The molecule has 0 aromatic carbocycles. The van der Waals surface area contributed by atoms with Crippen LogP contribution in [0.3, 0.4) is 0 Å². The van der Waals surface area contributed by atoms with Gasteiger partial charge in [0.15, 0.2) is 0 Å². The zero-order chi connectivity index (χ0) is 18.6. The smallest absolute Gasteiger partial charge is 0.140 e. The Bertz CT molecular complexity index is 327. The van der Waals surface area contributed by atoms with Gasteiger partial charge in [-0.05, 0) is 6.42 Å². The summed E-state index contributed by atoms with van der Waals surface area (Å²) in [5.74, 6) is 0.478. The van der Waals surface area contributed by atoms with Crippen molar-refractivity contribution in [2.24, 2.45) is 10.8 Å². The van der Waals surface area contributed by atoms with Crippen molar-refractivity contribution in [3.05, 3.63) is 0 Å². The predicted molar refractivity (Wildman–Crippen MR) is 95.2 cm³/mol. The van der Waals surface area contributed by atoms with Crippen molar-refractivity contribution in [1.29, 1.82) is 0 Å². The lowest BCUT2D eigenvalue weighted by molar-refractivity contribution is -0.128. The van der Waals surface area contributed by atoms with Gasteiger partial charge in [0.25, 0.3) is 0 Å². The van der Waals surface area contributed by atoms with Gasteiger partial charge in [-0.25, -0.2) is 0 Å². The van der Waals surface area contributed by atoms with Crippen LogP contribution in [0.15, 0.2) is 0 Å². The maximum absolute atomic E-state index is 11.7. The van der Waals surface area contributed by atoms with E-state index in [-0.39, 0.29) is 22.4 Å². The minimum Gasteiger partial charge on any atom is -0.379 e. The van der Waals surface area contributed by atoms with Crippen molar-refractivity contribution in [2.45, 2.75) is 60.8 Å². The van der Waals surface area contributed by atoms with Gasteiger partial charge in [0.05, 0.1) is 33.0 Å². The fourth-order valence-electron chi connectivity index (χ4n) is 1.79. The molecule has 0 atom stereocenters. The van der Waals surface area contributed by atoms with Crippen molar-refractivity contribution in [3.63, 3.8) is 0 Å². The average molecular weight is 344 g/mol. The molecule has 0 amide bonds. The first-order valence-electron chi connectivity index (χ1n) is 8.85. The zero-order valence-electron chi connectivity index (χ0n) is 16.4. The molecule has 0 fully saturated rings. The molecule has 24 heavy (non-hydrogen) atoms. The maximum atomic E-state index is 11.7. The molecule has 0 spiro atoms. The Morgan fingerprint density at radius 2 is 0.958 bits per heavy atom. The van der Waals surface area contributed by atoms with Gasteiger partial charge in [0.1, 0.15) is 11.6 Å². The molecule has 0 aliphatic heterocycles. The summed E-state index contributed by atoms with van der Waals surface area (Å²) in [5.41, 5.74) is -0.560. The van der Waals surface area contributed by atoms with Crippen LogP contribution in [0.5, 0.6) is 0 Å². The van der Waals surface area contributed by atoms with E-state index in [9.17, 15) is 9.59 Å². The highest BCUT2D eigenvalue weighted by Gasteiger charge is 2.20. The second-order valence-corrected chi connectivity index (χ2v) is 8.04.